The van der Waals surface area contributed by atoms with Crippen LogP contribution < -0.4 is 4.74 Å². The van der Waals surface area contributed by atoms with Crippen LogP contribution >= 0.6 is 11.6 Å². The van der Waals surface area contributed by atoms with E-state index < -0.39 is 10.6 Å². The standard InChI is InChI=1S/C16H19ClN2O4/c1-18(6-7-20)16-5-3-2-4-12(16)8-11-9-13(17)10-14(19(21)22)15(11)23-16/h8-10,20H,2-7H2,1H3. The summed E-state index contributed by atoms with van der Waals surface area (Å²) in [4.78, 5) is 12.9. The molecule has 1 aromatic carbocycles. The van der Waals surface area contributed by atoms with E-state index in [0.717, 1.165) is 31.3 Å². The lowest BCUT2D eigenvalue weighted by Gasteiger charge is -2.47. The molecule has 0 aromatic heterocycles. The topological polar surface area (TPSA) is 75.8 Å². The molecule has 3 rings (SSSR count). The van der Waals surface area contributed by atoms with E-state index in [9.17, 15) is 15.2 Å². The average Bonchev–Trinajstić information content (AvgIpc) is 2.52. The minimum Gasteiger partial charge on any atom is -0.461 e. The molecule has 1 heterocycles. The molecule has 1 fully saturated rings. The van der Waals surface area contributed by atoms with Gasteiger partial charge in [-0.3, -0.25) is 15.0 Å². The number of nitro benzene ring substituents is 1. The number of ether oxygens (including phenoxy) is 1. The summed E-state index contributed by atoms with van der Waals surface area (Å²) in [6, 6.07) is 3.02. The zero-order chi connectivity index (χ0) is 16.6. The van der Waals surface area contributed by atoms with Crippen LogP contribution in [-0.2, 0) is 0 Å². The molecule has 7 heteroatoms. The molecule has 1 aliphatic heterocycles. The molecule has 1 saturated carbocycles. The van der Waals surface area contributed by atoms with Crippen molar-refractivity contribution in [2.75, 3.05) is 20.2 Å². The minimum absolute atomic E-state index is 0.00442. The first-order chi connectivity index (χ1) is 11.0. The summed E-state index contributed by atoms with van der Waals surface area (Å²) in [5, 5.41) is 21.0. The molecule has 124 valence electrons. The van der Waals surface area contributed by atoms with Gasteiger partial charge >= 0.3 is 5.69 Å². The molecule has 1 unspecified atom stereocenters. The van der Waals surface area contributed by atoms with Crippen molar-refractivity contribution < 1.29 is 14.8 Å². The van der Waals surface area contributed by atoms with Crippen LogP contribution in [-0.4, -0.2) is 40.9 Å². The number of nitrogens with zero attached hydrogens (tertiary/aromatic N) is 2. The number of hydrogen-bond donors (Lipinski definition) is 1. The van der Waals surface area contributed by atoms with Gasteiger partial charge < -0.3 is 9.84 Å². The number of halogens is 1. The fraction of sp³-hybridized carbons (Fsp3) is 0.500. The molecule has 1 aliphatic carbocycles. The summed E-state index contributed by atoms with van der Waals surface area (Å²) in [6.45, 7) is 0.443. The van der Waals surface area contributed by atoms with E-state index in [1.165, 1.54) is 6.07 Å². The summed E-state index contributed by atoms with van der Waals surface area (Å²) in [7, 11) is 1.88. The van der Waals surface area contributed by atoms with E-state index in [-0.39, 0.29) is 18.0 Å². The third-order valence-corrected chi connectivity index (χ3v) is 4.84. The van der Waals surface area contributed by atoms with Crippen molar-refractivity contribution in [1.29, 1.82) is 0 Å². The Morgan fingerprint density at radius 3 is 2.96 bits per heavy atom. The lowest BCUT2D eigenvalue weighted by Crippen LogP contribution is -2.55. The number of nitro groups is 1. The maximum atomic E-state index is 11.4. The largest absolute Gasteiger partial charge is 0.461 e. The number of likely N-dealkylation sites (N-methyl/N-ethyl adjacent to an activating group) is 1. The van der Waals surface area contributed by atoms with E-state index in [1.807, 2.05) is 18.0 Å². The Morgan fingerprint density at radius 2 is 2.26 bits per heavy atom. The Balaban J connectivity index is 2.14. The number of aliphatic hydroxyl groups excluding tert-OH is 1. The molecule has 1 atom stereocenters. The molecule has 1 aromatic rings. The molecular weight excluding hydrogens is 320 g/mol. The fourth-order valence-corrected chi connectivity index (χ4v) is 3.71. The number of fused-ring (bicyclic) bond motifs is 2. The maximum Gasteiger partial charge on any atom is 0.313 e. The van der Waals surface area contributed by atoms with Gasteiger partial charge in [-0.1, -0.05) is 11.6 Å². The third-order valence-electron chi connectivity index (χ3n) is 4.63. The molecule has 1 N–H and O–H groups in total. The molecule has 6 nitrogen and oxygen atoms in total. The highest BCUT2D eigenvalue weighted by atomic mass is 35.5. The minimum atomic E-state index is -0.716. The molecular formula is C16H19ClN2O4. The van der Waals surface area contributed by atoms with Crippen LogP contribution in [0.25, 0.3) is 6.08 Å². The molecule has 23 heavy (non-hydrogen) atoms. The third kappa shape index (κ3) is 2.71. The Hall–Kier alpha value is -1.63. The highest BCUT2D eigenvalue weighted by Crippen LogP contribution is 2.48. The molecule has 0 bridgehead atoms. The number of benzene rings is 1. The van der Waals surface area contributed by atoms with E-state index in [1.54, 1.807) is 6.07 Å². The molecule has 2 aliphatic rings. The maximum absolute atomic E-state index is 11.4. The van der Waals surface area contributed by atoms with Crippen molar-refractivity contribution in [2.24, 2.45) is 0 Å². The van der Waals surface area contributed by atoms with Crippen LogP contribution in [0.1, 0.15) is 31.2 Å². The predicted octanol–water partition coefficient (Wildman–Crippen LogP) is 3.22. The number of aliphatic hydroxyl groups is 1. The fourth-order valence-electron chi connectivity index (χ4n) is 3.49. The zero-order valence-corrected chi connectivity index (χ0v) is 13.7. The van der Waals surface area contributed by atoms with E-state index in [0.29, 0.717) is 17.1 Å². The van der Waals surface area contributed by atoms with Gasteiger partial charge in [0, 0.05) is 29.6 Å². The van der Waals surface area contributed by atoms with Gasteiger partial charge in [-0.25, -0.2) is 0 Å². The van der Waals surface area contributed by atoms with E-state index >= 15 is 0 Å². The normalized spacial score (nSPS) is 22.9. The van der Waals surface area contributed by atoms with Gasteiger partial charge in [0.25, 0.3) is 0 Å². The van der Waals surface area contributed by atoms with Crippen molar-refractivity contribution in [2.45, 2.75) is 31.4 Å². The second kappa shape index (κ2) is 6.11. The Bertz CT molecular complexity index is 676. The second-order valence-corrected chi connectivity index (χ2v) is 6.45. The van der Waals surface area contributed by atoms with Crippen molar-refractivity contribution in [1.82, 2.24) is 4.90 Å². The van der Waals surface area contributed by atoms with Crippen molar-refractivity contribution >= 4 is 23.4 Å². The van der Waals surface area contributed by atoms with Crippen LogP contribution in [0.5, 0.6) is 5.75 Å². The first-order valence-corrected chi connectivity index (χ1v) is 8.06. The monoisotopic (exact) mass is 338 g/mol. The van der Waals surface area contributed by atoms with Crippen molar-refractivity contribution in [3.05, 3.63) is 38.4 Å². The summed E-state index contributed by atoms with van der Waals surface area (Å²) < 4.78 is 6.23. The van der Waals surface area contributed by atoms with Crippen LogP contribution in [0.4, 0.5) is 5.69 Å². The van der Waals surface area contributed by atoms with E-state index in [2.05, 4.69) is 0 Å². The Kier molecular flexibility index (Phi) is 4.31. The van der Waals surface area contributed by atoms with Crippen molar-refractivity contribution in [3.63, 3.8) is 0 Å². The van der Waals surface area contributed by atoms with Crippen LogP contribution in [0.2, 0.25) is 5.02 Å². The van der Waals surface area contributed by atoms with Gasteiger partial charge in [0.15, 0.2) is 5.72 Å². The summed E-state index contributed by atoms with van der Waals surface area (Å²) in [5.74, 6) is 0.259. The molecule has 0 amide bonds. The molecule has 0 spiro atoms. The lowest BCUT2D eigenvalue weighted by molar-refractivity contribution is -0.386. The van der Waals surface area contributed by atoms with Gasteiger partial charge in [0.2, 0.25) is 5.75 Å². The zero-order valence-electron chi connectivity index (χ0n) is 12.9. The van der Waals surface area contributed by atoms with E-state index in [4.69, 9.17) is 16.3 Å². The first kappa shape index (κ1) is 16.2. The lowest BCUT2D eigenvalue weighted by atomic mass is 9.82. The predicted molar refractivity (Wildman–Crippen MR) is 87.6 cm³/mol. The van der Waals surface area contributed by atoms with Crippen LogP contribution in [0.15, 0.2) is 17.7 Å². The highest BCUT2D eigenvalue weighted by molar-refractivity contribution is 6.31. The smallest absolute Gasteiger partial charge is 0.313 e. The van der Waals surface area contributed by atoms with Gasteiger partial charge in [0.1, 0.15) is 0 Å². The van der Waals surface area contributed by atoms with Gasteiger partial charge in [0.05, 0.1) is 11.5 Å². The number of rotatable bonds is 4. The quantitative estimate of drug-likeness (QED) is 0.674. The highest BCUT2D eigenvalue weighted by Gasteiger charge is 2.46. The van der Waals surface area contributed by atoms with Gasteiger partial charge in [-0.2, -0.15) is 0 Å². The Labute approximate surface area is 139 Å². The SMILES string of the molecule is CN(CCO)C12CCCCC1=Cc1cc(Cl)cc([N+](=O)[O-])c1O2. The van der Waals surface area contributed by atoms with Gasteiger partial charge in [-0.15, -0.1) is 0 Å². The van der Waals surface area contributed by atoms with Crippen molar-refractivity contribution in [3.8, 4) is 5.75 Å². The second-order valence-electron chi connectivity index (χ2n) is 6.01. The molecule has 0 radical (unpaired) electrons. The number of hydrogen-bond acceptors (Lipinski definition) is 5. The van der Waals surface area contributed by atoms with Crippen LogP contribution in [0, 0.1) is 10.1 Å². The van der Waals surface area contributed by atoms with Crippen LogP contribution in [0.3, 0.4) is 0 Å². The summed E-state index contributed by atoms with van der Waals surface area (Å²) >= 11 is 6.02. The first-order valence-electron chi connectivity index (χ1n) is 7.68. The Morgan fingerprint density at radius 1 is 1.48 bits per heavy atom. The van der Waals surface area contributed by atoms with Gasteiger partial charge in [-0.05, 0) is 44.0 Å². The average molecular weight is 339 g/mol. The summed E-state index contributed by atoms with van der Waals surface area (Å²) in [5.41, 5.74) is 0.898. The molecule has 0 saturated heterocycles. The summed E-state index contributed by atoms with van der Waals surface area (Å²) in [6.07, 6.45) is 5.61.